The third-order valence-corrected chi connectivity index (χ3v) is 4.29. The Kier molecular flexibility index (Phi) is 5.26. The van der Waals surface area contributed by atoms with Gasteiger partial charge in [0.1, 0.15) is 0 Å². The van der Waals surface area contributed by atoms with Crippen LogP contribution >= 0.6 is 0 Å². The van der Waals surface area contributed by atoms with Crippen LogP contribution in [0, 0.1) is 5.92 Å². The Morgan fingerprint density at radius 2 is 1.65 bits per heavy atom. The van der Waals surface area contributed by atoms with Crippen molar-refractivity contribution >= 4 is 0 Å². The predicted octanol–water partition coefficient (Wildman–Crippen LogP) is 1.83. The second-order valence-corrected chi connectivity index (χ2v) is 5.70. The summed E-state index contributed by atoms with van der Waals surface area (Å²) in [6, 6.07) is 0. The van der Waals surface area contributed by atoms with Crippen molar-refractivity contribution in [3.8, 4) is 0 Å². The van der Waals surface area contributed by atoms with Crippen LogP contribution in [0.3, 0.4) is 0 Å². The molecule has 0 bridgehead atoms. The Bertz CT molecular complexity index is 206. The van der Waals surface area contributed by atoms with E-state index in [0.29, 0.717) is 6.10 Å². The van der Waals surface area contributed by atoms with Gasteiger partial charge < -0.3 is 14.5 Å². The molecule has 0 radical (unpaired) electrons. The molecule has 0 aliphatic carbocycles. The number of nitrogens with zero attached hydrogens (tertiary/aromatic N) is 2. The fraction of sp³-hybridized carbons (Fsp3) is 1.00. The molecule has 100 valence electrons. The largest absolute Gasteiger partial charge is 0.378 e. The molecule has 0 aromatic rings. The van der Waals surface area contributed by atoms with E-state index in [1.165, 1.54) is 58.4 Å². The fourth-order valence-electron chi connectivity index (χ4n) is 3.10. The molecule has 2 aliphatic heterocycles. The molecular formula is C14H28N2O. The maximum atomic E-state index is 5.70. The molecule has 2 aliphatic rings. The lowest BCUT2D eigenvalue weighted by Crippen LogP contribution is -2.42. The Labute approximate surface area is 106 Å². The summed E-state index contributed by atoms with van der Waals surface area (Å²) >= 11 is 0. The van der Waals surface area contributed by atoms with Gasteiger partial charge in [0.15, 0.2) is 0 Å². The van der Waals surface area contributed by atoms with Crippen LogP contribution in [-0.4, -0.2) is 62.3 Å². The lowest BCUT2D eigenvalue weighted by molar-refractivity contribution is 0.00883. The van der Waals surface area contributed by atoms with Gasteiger partial charge in [0, 0.05) is 26.2 Å². The Morgan fingerprint density at radius 1 is 1.00 bits per heavy atom. The van der Waals surface area contributed by atoms with Gasteiger partial charge in [0.2, 0.25) is 0 Å². The summed E-state index contributed by atoms with van der Waals surface area (Å²) in [6.45, 7) is 9.38. The molecule has 2 rings (SSSR count). The van der Waals surface area contributed by atoms with Crippen LogP contribution < -0.4 is 0 Å². The van der Waals surface area contributed by atoms with E-state index in [-0.39, 0.29) is 0 Å². The highest BCUT2D eigenvalue weighted by Gasteiger charge is 2.23. The first kappa shape index (κ1) is 13.3. The predicted molar refractivity (Wildman–Crippen MR) is 71.3 cm³/mol. The van der Waals surface area contributed by atoms with E-state index in [4.69, 9.17) is 4.74 Å². The van der Waals surface area contributed by atoms with Crippen molar-refractivity contribution < 1.29 is 4.74 Å². The summed E-state index contributed by atoms with van der Waals surface area (Å²) in [6.07, 6.45) is 5.79. The van der Waals surface area contributed by atoms with Crippen molar-refractivity contribution in [3.63, 3.8) is 0 Å². The number of rotatable bonds is 4. The van der Waals surface area contributed by atoms with Crippen LogP contribution in [0.5, 0.6) is 0 Å². The topological polar surface area (TPSA) is 15.7 Å². The third kappa shape index (κ3) is 4.23. The molecule has 0 N–H and O–H groups in total. The fourth-order valence-corrected chi connectivity index (χ4v) is 3.10. The molecule has 0 unspecified atom stereocenters. The van der Waals surface area contributed by atoms with Crippen LogP contribution in [0.1, 0.15) is 32.6 Å². The minimum atomic E-state index is 0.536. The first-order chi connectivity index (χ1) is 8.28. The van der Waals surface area contributed by atoms with Gasteiger partial charge in [-0.2, -0.15) is 0 Å². The quantitative estimate of drug-likeness (QED) is 0.745. The van der Waals surface area contributed by atoms with Gasteiger partial charge in [-0.05, 0) is 58.7 Å². The van der Waals surface area contributed by atoms with E-state index >= 15 is 0 Å². The zero-order valence-corrected chi connectivity index (χ0v) is 11.5. The van der Waals surface area contributed by atoms with Crippen LogP contribution in [0.15, 0.2) is 0 Å². The summed E-state index contributed by atoms with van der Waals surface area (Å²) in [5.41, 5.74) is 0. The first-order valence-electron chi connectivity index (χ1n) is 7.30. The van der Waals surface area contributed by atoms with Crippen molar-refractivity contribution in [1.82, 2.24) is 9.80 Å². The van der Waals surface area contributed by atoms with Gasteiger partial charge in [-0.3, -0.25) is 0 Å². The number of ether oxygens (including phenoxy) is 1. The molecule has 3 nitrogen and oxygen atoms in total. The van der Waals surface area contributed by atoms with Gasteiger partial charge in [-0.25, -0.2) is 0 Å². The van der Waals surface area contributed by atoms with E-state index in [9.17, 15) is 0 Å². The van der Waals surface area contributed by atoms with E-state index in [1.807, 2.05) is 0 Å². The summed E-state index contributed by atoms with van der Waals surface area (Å²) in [5, 5.41) is 0. The highest BCUT2D eigenvalue weighted by atomic mass is 16.5. The standard InChI is InChI=1S/C14H28N2O/c1-3-17-14-6-10-16(11-7-14)12-13-4-8-15(2)9-5-13/h13-14H,3-12H2,1-2H3. The van der Waals surface area contributed by atoms with Crippen LogP contribution in [0.25, 0.3) is 0 Å². The minimum absolute atomic E-state index is 0.536. The lowest BCUT2D eigenvalue weighted by atomic mass is 9.95. The molecular weight excluding hydrogens is 212 g/mol. The van der Waals surface area contributed by atoms with Crippen molar-refractivity contribution in [1.29, 1.82) is 0 Å². The number of piperidine rings is 2. The minimum Gasteiger partial charge on any atom is -0.378 e. The van der Waals surface area contributed by atoms with Crippen molar-refractivity contribution in [3.05, 3.63) is 0 Å². The highest BCUT2D eigenvalue weighted by Crippen LogP contribution is 2.20. The summed E-state index contributed by atoms with van der Waals surface area (Å²) < 4.78 is 5.70. The van der Waals surface area contributed by atoms with Gasteiger partial charge in [0.05, 0.1) is 6.10 Å². The number of hydrogen-bond donors (Lipinski definition) is 0. The molecule has 2 saturated heterocycles. The number of likely N-dealkylation sites (tertiary alicyclic amines) is 2. The molecule has 3 heteroatoms. The molecule has 0 aromatic carbocycles. The average Bonchev–Trinajstić information content (AvgIpc) is 2.35. The summed E-state index contributed by atoms with van der Waals surface area (Å²) in [5.74, 6) is 0.940. The summed E-state index contributed by atoms with van der Waals surface area (Å²) in [7, 11) is 2.24. The Morgan fingerprint density at radius 3 is 2.24 bits per heavy atom. The lowest BCUT2D eigenvalue weighted by Gasteiger charge is -2.36. The summed E-state index contributed by atoms with van der Waals surface area (Å²) in [4.78, 5) is 5.11. The number of hydrogen-bond acceptors (Lipinski definition) is 3. The molecule has 17 heavy (non-hydrogen) atoms. The molecule has 2 heterocycles. The van der Waals surface area contributed by atoms with Crippen LogP contribution in [0.2, 0.25) is 0 Å². The average molecular weight is 240 g/mol. The maximum absolute atomic E-state index is 5.70. The van der Waals surface area contributed by atoms with E-state index < -0.39 is 0 Å². The maximum Gasteiger partial charge on any atom is 0.0599 e. The zero-order chi connectivity index (χ0) is 12.1. The van der Waals surface area contributed by atoms with Gasteiger partial charge in [-0.1, -0.05) is 0 Å². The molecule has 0 atom stereocenters. The SMILES string of the molecule is CCOC1CCN(CC2CCN(C)CC2)CC1. The van der Waals surface area contributed by atoms with Gasteiger partial charge in [-0.15, -0.1) is 0 Å². The zero-order valence-electron chi connectivity index (χ0n) is 11.5. The molecule has 0 amide bonds. The molecule has 0 spiro atoms. The van der Waals surface area contributed by atoms with Crippen molar-refractivity contribution in [2.75, 3.05) is 46.4 Å². The Hall–Kier alpha value is -0.120. The molecule has 0 saturated carbocycles. The normalized spacial score (nSPS) is 26.5. The smallest absolute Gasteiger partial charge is 0.0599 e. The molecule has 2 fully saturated rings. The first-order valence-corrected chi connectivity index (χ1v) is 7.30. The van der Waals surface area contributed by atoms with E-state index in [2.05, 4.69) is 23.8 Å². The second-order valence-electron chi connectivity index (χ2n) is 5.70. The third-order valence-electron chi connectivity index (χ3n) is 4.29. The van der Waals surface area contributed by atoms with E-state index in [0.717, 1.165) is 12.5 Å². The van der Waals surface area contributed by atoms with Crippen LogP contribution in [-0.2, 0) is 4.74 Å². The highest BCUT2D eigenvalue weighted by molar-refractivity contribution is 4.77. The Balaban J connectivity index is 1.64. The monoisotopic (exact) mass is 240 g/mol. The van der Waals surface area contributed by atoms with Gasteiger partial charge in [0.25, 0.3) is 0 Å². The van der Waals surface area contributed by atoms with E-state index in [1.54, 1.807) is 0 Å². The van der Waals surface area contributed by atoms with Gasteiger partial charge >= 0.3 is 0 Å². The second kappa shape index (κ2) is 6.72. The van der Waals surface area contributed by atoms with Crippen molar-refractivity contribution in [2.45, 2.75) is 38.7 Å². The van der Waals surface area contributed by atoms with Crippen molar-refractivity contribution in [2.24, 2.45) is 5.92 Å². The van der Waals surface area contributed by atoms with Crippen LogP contribution in [0.4, 0.5) is 0 Å². The molecule has 0 aromatic heterocycles.